The van der Waals surface area contributed by atoms with Gasteiger partial charge in [-0.2, -0.15) is 0 Å². The average molecular weight is 385 g/mol. The number of hydrogen-bond donors (Lipinski definition) is 2. The summed E-state index contributed by atoms with van der Waals surface area (Å²) in [6.45, 7) is 2.75. The van der Waals surface area contributed by atoms with Crippen molar-refractivity contribution in [3.05, 3.63) is 58.1 Å². The fraction of sp³-hybridized carbons (Fsp3) is 0.278. The van der Waals surface area contributed by atoms with Gasteiger partial charge in [0.2, 0.25) is 0 Å². The molecular weight excluding hydrogens is 363 g/mol. The summed E-state index contributed by atoms with van der Waals surface area (Å²) >= 11 is 12.1. The Balaban J connectivity index is 0.000000448. The van der Waals surface area contributed by atoms with Crippen LogP contribution in [0.25, 0.3) is 0 Å². The molecule has 1 saturated heterocycles. The normalized spacial score (nSPS) is 12.6. The minimum Gasteiger partial charge on any atom is -0.550 e. The molecule has 0 bridgehead atoms. The summed E-state index contributed by atoms with van der Waals surface area (Å²) in [5.74, 6) is -1.14. The highest BCUT2D eigenvalue weighted by Gasteiger charge is 2.08. The molecule has 0 radical (unpaired) electrons. The number of carboxylic acid groups (broad SMARTS) is 1. The Morgan fingerprint density at radius 2 is 1.64 bits per heavy atom. The Morgan fingerprint density at radius 1 is 1.04 bits per heavy atom. The third-order valence-corrected chi connectivity index (χ3v) is 4.27. The van der Waals surface area contributed by atoms with Gasteiger partial charge in [-0.1, -0.05) is 47.5 Å². The number of nitrogens with one attached hydrogen (secondary N) is 1. The second kappa shape index (κ2) is 10.9. The molecule has 0 spiro atoms. The van der Waals surface area contributed by atoms with Crippen LogP contribution in [0.1, 0.15) is 18.4 Å². The Kier molecular flexibility index (Phi) is 9.31. The zero-order valence-electron chi connectivity index (χ0n) is 13.7. The van der Waals surface area contributed by atoms with Crippen LogP contribution in [0.15, 0.2) is 42.5 Å². The lowest BCUT2D eigenvalue weighted by Gasteiger charge is -2.14. The van der Waals surface area contributed by atoms with Crippen LogP contribution >= 0.6 is 23.2 Å². The second-order valence-electron chi connectivity index (χ2n) is 5.50. The monoisotopic (exact) mass is 384 g/mol. The minimum absolute atomic E-state index is 0. The maximum atomic E-state index is 10.7. The van der Waals surface area contributed by atoms with Crippen LogP contribution < -0.4 is 15.7 Å². The van der Waals surface area contributed by atoms with Gasteiger partial charge < -0.3 is 26.0 Å². The molecule has 1 fully saturated rings. The van der Waals surface area contributed by atoms with Gasteiger partial charge in [0.05, 0.1) is 28.8 Å². The summed E-state index contributed by atoms with van der Waals surface area (Å²) in [4.78, 5) is 10.7. The van der Waals surface area contributed by atoms with Crippen molar-refractivity contribution in [3.8, 4) is 0 Å². The van der Waals surface area contributed by atoms with Crippen molar-refractivity contribution in [3.63, 3.8) is 0 Å². The quantitative estimate of drug-likeness (QED) is 0.835. The summed E-state index contributed by atoms with van der Waals surface area (Å²) in [5.41, 5.74) is 1.80. The van der Waals surface area contributed by atoms with Crippen molar-refractivity contribution in [1.82, 2.24) is 0 Å². The number of carboxylic acids is 1. The summed E-state index contributed by atoms with van der Waals surface area (Å²) in [6, 6.07) is 12.2. The van der Waals surface area contributed by atoms with E-state index in [2.05, 4.69) is 10.6 Å². The number of aliphatic carboxylic acids is 1. The number of halogens is 2. The van der Waals surface area contributed by atoms with E-state index in [4.69, 9.17) is 23.2 Å². The summed E-state index contributed by atoms with van der Waals surface area (Å²) in [7, 11) is 0. The van der Waals surface area contributed by atoms with E-state index in [1.807, 2.05) is 0 Å². The fourth-order valence-electron chi connectivity index (χ4n) is 2.43. The third-order valence-electron chi connectivity index (χ3n) is 3.64. The second-order valence-corrected chi connectivity index (χ2v) is 6.32. The molecule has 5 N–H and O–H groups in total. The molecule has 0 saturated carbocycles. The largest absolute Gasteiger partial charge is 0.550 e. The van der Waals surface area contributed by atoms with Crippen LogP contribution in [-0.2, 0) is 11.2 Å². The number of anilines is 2. The molecule has 0 unspecified atom stereocenters. The molecule has 3 rings (SSSR count). The number of rotatable bonds is 4. The van der Waals surface area contributed by atoms with E-state index < -0.39 is 5.97 Å². The number of carbonyl (C=O) groups excluding carboxylic acids is 1. The molecule has 136 valence electrons. The Hall–Kier alpha value is -1.79. The molecule has 0 aromatic heterocycles. The van der Waals surface area contributed by atoms with Gasteiger partial charge in [-0.3, -0.25) is 0 Å². The third kappa shape index (κ3) is 6.92. The van der Waals surface area contributed by atoms with Gasteiger partial charge in [0.15, 0.2) is 0 Å². The average Bonchev–Trinajstić information content (AvgIpc) is 3.12. The maximum Gasteiger partial charge on any atom is 0.0762 e. The van der Waals surface area contributed by atoms with Crippen molar-refractivity contribution in [2.75, 3.05) is 18.4 Å². The van der Waals surface area contributed by atoms with Crippen molar-refractivity contribution in [2.24, 2.45) is 0 Å². The van der Waals surface area contributed by atoms with Gasteiger partial charge in [-0.25, -0.2) is 0 Å². The van der Waals surface area contributed by atoms with E-state index in [1.165, 1.54) is 25.9 Å². The molecule has 0 aliphatic carbocycles. The SMILES string of the molecule is C1CC[NH2+]C1.O.O=C([O-])Cc1ccccc1Nc1c(Cl)cccc1Cl. The van der Waals surface area contributed by atoms with Gasteiger partial charge in [-0.15, -0.1) is 0 Å². The van der Waals surface area contributed by atoms with E-state index in [-0.39, 0.29) is 11.9 Å². The van der Waals surface area contributed by atoms with E-state index in [9.17, 15) is 9.90 Å². The highest BCUT2D eigenvalue weighted by molar-refractivity contribution is 6.39. The van der Waals surface area contributed by atoms with Gasteiger partial charge in [0.1, 0.15) is 0 Å². The molecule has 0 atom stereocenters. The molecule has 1 aliphatic heterocycles. The maximum absolute atomic E-state index is 10.7. The molecule has 0 amide bonds. The van der Waals surface area contributed by atoms with Crippen LogP contribution in [0.3, 0.4) is 0 Å². The number of hydrogen-bond acceptors (Lipinski definition) is 3. The summed E-state index contributed by atoms with van der Waals surface area (Å²) < 4.78 is 0. The lowest BCUT2D eigenvalue weighted by atomic mass is 10.1. The molecule has 2 aromatic rings. The standard InChI is InChI=1S/C14H11Cl2NO2.C4H9N.H2O/c15-10-5-3-6-11(16)14(10)17-12-7-2-1-4-9(12)8-13(18)19;1-2-4-5-3-1;/h1-7,17H,8H2,(H,18,19);5H,1-4H2;1H2. The molecule has 5 nitrogen and oxygen atoms in total. The van der Waals surface area contributed by atoms with Gasteiger partial charge in [-0.05, 0) is 23.8 Å². The summed E-state index contributed by atoms with van der Waals surface area (Å²) in [5, 5.41) is 17.1. The highest BCUT2D eigenvalue weighted by atomic mass is 35.5. The zero-order chi connectivity index (χ0) is 17.4. The fourth-order valence-corrected chi connectivity index (χ4v) is 2.92. The van der Waals surface area contributed by atoms with Crippen molar-refractivity contribution in [2.45, 2.75) is 19.3 Å². The molecular formula is C18H22Cl2N2O3. The zero-order valence-corrected chi connectivity index (χ0v) is 15.2. The topological polar surface area (TPSA) is 100 Å². The van der Waals surface area contributed by atoms with Crippen LogP contribution in [0.2, 0.25) is 10.0 Å². The van der Waals surface area contributed by atoms with Crippen LogP contribution in [0, 0.1) is 0 Å². The predicted molar refractivity (Wildman–Crippen MR) is 99.4 cm³/mol. The van der Waals surface area contributed by atoms with Crippen LogP contribution in [0.5, 0.6) is 0 Å². The number of quaternary nitrogens is 1. The number of nitrogens with two attached hydrogens (primary N) is 1. The van der Waals surface area contributed by atoms with E-state index >= 15 is 0 Å². The first-order valence-corrected chi connectivity index (χ1v) is 8.64. The Morgan fingerprint density at radius 3 is 2.16 bits per heavy atom. The molecule has 2 aromatic carbocycles. The smallest absolute Gasteiger partial charge is 0.0762 e. The van der Waals surface area contributed by atoms with Crippen LogP contribution in [-0.4, -0.2) is 24.5 Å². The van der Waals surface area contributed by atoms with E-state index in [0.29, 0.717) is 27.0 Å². The Bertz CT molecular complexity index is 664. The van der Waals surface area contributed by atoms with Gasteiger partial charge in [0, 0.05) is 30.9 Å². The number of benzene rings is 2. The number of para-hydroxylation sites is 2. The highest BCUT2D eigenvalue weighted by Crippen LogP contribution is 2.33. The number of carbonyl (C=O) groups is 1. The lowest BCUT2D eigenvalue weighted by Crippen LogP contribution is -2.80. The van der Waals surface area contributed by atoms with Crippen molar-refractivity contribution < 1.29 is 20.7 Å². The Labute approximate surface area is 157 Å². The minimum atomic E-state index is -1.14. The molecule has 7 heteroatoms. The first-order valence-electron chi connectivity index (χ1n) is 7.88. The van der Waals surface area contributed by atoms with E-state index in [0.717, 1.165) is 0 Å². The first kappa shape index (κ1) is 21.3. The van der Waals surface area contributed by atoms with Gasteiger partial charge in [0.25, 0.3) is 0 Å². The van der Waals surface area contributed by atoms with Gasteiger partial charge >= 0.3 is 0 Å². The lowest BCUT2D eigenvalue weighted by molar-refractivity contribution is -0.635. The summed E-state index contributed by atoms with van der Waals surface area (Å²) in [6.07, 6.45) is 2.71. The first-order chi connectivity index (χ1) is 11.6. The molecule has 1 heterocycles. The predicted octanol–water partition coefficient (Wildman–Crippen LogP) is 1.55. The van der Waals surface area contributed by atoms with Crippen molar-refractivity contribution in [1.29, 1.82) is 0 Å². The molecule has 25 heavy (non-hydrogen) atoms. The van der Waals surface area contributed by atoms with Crippen LogP contribution in [0.4, 0.5) is 11.4 Å². The molecule has 1 aliphatic rings. The van der Waals surface area contributed by atoms with Crippen molar-refractivity contribution >= 4 is 40.5 Å². The van der Waals surface area contributed by atoms with E-state index in [1.54, 1.807) is 42.5 Å².